The number of nitrogens with one attached hydrogen (secondary N) is 1. The van der Waals surface area contributed by atoms with Crippen LogP contribution >= 0.6 is 24.8 Å². The highest BCUT2D eigenvalue weighted by molar-refractivity contribution is 5.85. The summed E-state index contributed by atoms with van der Waals surface area (Å²) in [5, 5.41) is 12.7. The Morgan fingerprint density at radius 1 is 1.32 bits per heavy atom. The zero-order chi connectivity index (χ0) is 14.5. The monoisotopic (exact) mass is 355 g/mol. The predicted octanol–water partition coefficient (Wildman–Crippen LogP) is 0.991. The van der Waals surface area contributed by atoms with E-state index in [9.17, 15) is 9.90 Å². The number of hydrogen-bond acceptors (Lipinski definition) is 4. The third-order valence-electron chi connectivity index (χ3n) is 4.55. The quantitative estimate of drug-likeness (QED) is 0.772. The van der Waals surface area contributed by atoms with Gasteiger partial charge >= 0.3 is 0 Å². The van der Waals surface area contributed by atoms with E-state index < -0.39 is 0 Å². The first-order chi connectivity index (χ1) is 9.56. The number of piperidine rings is 1. The number of amides is 1. The molecule has 5 nitrogen and oxygen atoms in total. The van der Waals surface area contributed by atoms with E-state index in [4.69, 9.17) is 0 Å². The molecular formula is C15H31Cl2N3O2. The summed E-state index contributed by atoms with van der Waals surface area (Å²) in [6.45, 7) is 7.41. The minimum Gasteiger partial charge on any atom is -0.392 e. The highest BCUT2D eigenvalue weighted by atomic mass is 35.5. The van der Waals surface area contributed by atoms with Crippen LogP contribution in [0, 0.1) is 11.8 Å². The van der Waals surface area contributed by atoms with Crippen molar-refractivity contribution in [1.82, 2.24) is 15.1 Å². The third kappa shape index (κ3) is 6.59. The molecule has 1 amide bonds. The van der Waals surface area contributed by atoms with Gasteiger partial charge in [-0.15, -0.1) is 24.8 Å². The molecule has 0 radical (unpaired) electrons. The number of carbonyl (C=O) groups is 1. The minimum absolute atomic E-state index is 0. The van der Waals surface area contributed by atoms with Gasteiger partial charge < -0.3 is 20.2 Å². The summed E-state index contributed by atoms with van der Waals surface area (Å²) in [5.41, 5.74) is 0. The van der Waals surface area contributed by atoms with E-state index in [2.05, 4.69) is 10.2 Å². The lowest BCUT2D eigenvalue weighted by Crippen LogP contribution is -2.43. The second kappa shape index (κ2) is 10.7. The summed E-state index contributed by atoms with van der Waals surface area (Å²) in [4.78, 5) is 16.5. The Bertz CT molecular complexity index is 318. The fraction of sp³-hybridized carbons (Fsp3) is 0.933. The fourth-order valence-electron chi connectivity index (χ4n) is 3.38. The Morgan fingerprint density at radius 2 is 1.95 bits per heavy atom. The largest absolute Gasteiger partial charge is 0.392 e. The van der Waals surface area contributed by atoms with Crippen molar-refractivity contribution in [2.24, 2.45) is 11.8 Å². The smallest absolute Gasteiger partial charge is 0.226 e. The molecule has 0 aromatic carbocycles. The van der Waals surface area contributed by atoms with E-state index in [-0.39, 0.29) is 36.8 Å². The molecule has 2 aliphatic heterocycles. The molecule has 0 aliphatic carbocycles. The van der Waals surface area contributed by atoms with Crippen LogP contribution in [-0.4, -0.2) is 73.2 Å². The van der Waals surface area contributed by atoms with Crippen molar-refractivity contribution in [2.75, 3.05) is 46.3 Å². The Morgan fingerprint density at radius 3 is 2.45 bits per heavy atom. The van der Waals surface area contributed by atoms with Gasteiger partial charge in [-0.2, -0.15) is 0 Å². The van der Waals surface area contributed by atoms with Gasteiger partial charge in [-0.05, 0) is 51.7 Å². The van der Waals surface area contributed by atoms with Gasteiger partial charge in [-0.3, -0.25) is 4.79 Å². The third-order valence-corrected chi connectivity index (χ3v) is 4.55. The van der Waals surface area contributed by atoms with Gasteiger partial charge in [0.25, 0.3) is 0 Å². The number of β-amino-alcohol motifs (C(OH)–C–C–N with tert-alkyl or cyclic N) is 1. The van der Waals surface area contributed by atoms with E-state index in [0.717, 1.165) is 58.5 Å². The van der Waals surface area contributed by atoms with E-state index in [0.29, 0.717) is 11.8 Å². The average molecular weight is 356 g/mol. The SMILES string of the molecule is CC(O)CN1CCC(CN(C)C(=O)C2CCNC2)CC1.Cl.Cl. The van der Waals surface area contributed by atoms with Crippen molar-refractivity contribution in [2.45, 2.75) is 32.3 Å². The summed E-state index contributed by atoms with van der Waals surface area (Å²) in [6.07, 6.45) is 3.00. The standard InChI is InChI=1S/C15H29N3O2.2ClH/c1-12(19)10-18-7-4-13(5-8-18)11-17(2)15(20)14-3-6-16-9-14;;/h12-14,16,19H,3-11H2,1-2H3;2*1H. The second-order valence-corrected chi connectivity index (χ2v) is 6.50. The Balaban J connectivity index is 0.00000220. The first-order valence-corrected chi connectivity index (χ1v) is 7.92. The molecule has 2 saturated heterocycles. The zero-order valence-corrected chi connectivity index (χ0v) is 15.3. The molecule has 0 spiro atoms. The molecule has 2 heterocycles. The van der Waals surface area contributed by atoms with Crippen LogP contribution in [0.15, 0.2) is 0 Å². The van der Waals surface area contributed by atoms with Crippen LogP contribution in [0.5, 0.6) is 0 Å². The van der Waals surface area contributed by atoms with E-state index in [1.165, 1.54) is 0 Å². The van der Waals surface area contributed by atoms with E-state index in [1.807, 2.05) is 18.9 Å². The summed E-state index contributed by atoms with van der Waals surface area (Å²) in [7, 11) is 1.95. The summed E-state index contributed by atoms with van der Waals surface area (Å²) < 4.78 is 0. The van der Waals surface area contributed by atoms with Gasteiger partial charge in [0.1, 0.15) is 0 Å². The zero-order valence-electron chi connectivity index (χ0n) is 13.7. The number of hydrogen-bond donors (Lipinski definition) is 2. The van der Waals surface area contributed by atoms with Crippen molar-refractivity contribution < 1.29 is 9.90 Å². The number of nitrogens with zero attached hydrogens (tertiary/aromatic N) is 2. The van der Waals surface area contributed by atoms with E-state index in [1.54, 1.807) is 0 Å². The Hall–Kier alpha value is -0.0700. The topological polar surface area (TPSA) is 55.8 Å². The molecule has 2 rings (SSSR count). The van der Waals surface area contributed by atoms with Gasteiger partial charge in [0.05, 0.1) is 12.0 Å². The van der Waals surface area contributed by atoms with Gasteiger partial charge in [0, 0.05) is 26.7 Å². The molecule has 0 saturated carbocycles. The van der Waals surface area contributed by atoms with Crippen molar-refractivity contribution in [1.29, 1.82) is 0 Å². The maximum Gasteiger partial charge on any atom is 0.226 e. The Labute approximate surface area is 146 Å². The fourth-order valence-corrected chi connectivity index (χ4v) is 3.38. The molecule has 2 unspecified atom stereocenters. The molecule has 2 fully saturated rings. The highest BCUT2D eigenvalue weighted by Crippen LogP contribution is 2.20. The summed E-state index contributed by atoms with van der Waals surface area (Å²) in [5.74, 6) is 1.11. The molecule has 22 heavy (non-hydrogen) atoms. The van der Waals surface area contributed by atoms with Crippen LogP contribution < -0.4 is 5.32 Å². The molecule has 7 heteroatoms. The number of likely N-dealkylation sites (tertiary alicyclic amines) is 1. The van der Waals surface area contributed by atoms with Crippen LogP contribution in [0.4, 0.5) is 0 Å². The average Bonchev–Trinajstić information content (AvgIpc) is 2.93. The van der Waals surface area contributed by atoms with Crippen molar-refractivity contribution in [3.05, 3.63) is 0 Å². The maximum absolute atomic E-state index is 12.3. The van der Waals surface area contributed by atoms with Crippen LogP contribution in [0.25, 0.3) is 0 Å². The maximum atomic E-state index is 12.3. The number of aliphatic hydroxyl groups excluding tert-OH is 1. The van der Waals surface area contributed by atoms with Crippen LogP contribution in [-0.2, 0) is 4.79 Å². The van der Waals surface area contributed by atoms with E-state index >= 15 is 0 Å². The molecule has 2 aliphatic rings. The van der Waals surface area contributed by atoms with Crippen LogP contribution in [0.2, 0.25) is 0 Å². The molecule has 2 atom stereocenters. The van der Waals surface area contributed by atoms with Crippen LogP contribution in [0.3, 0.4) is 0 Å². The second-order valence-electron chi connectivity index (χ2n) is 6.50. The molecular weight excluding hydrogens is 325 g/mol. The summed E-state index contributed by atoms with van der Waals surface area (Å²) in [6, 6.07) is 0. The first kappa shape index (κ1) is 21.9. The molecule has 132 valence electrons. The van der Waals surface area contributed by atoms with Gasteiger partial charge in [0.15, 0.2) is 0 Å². The number of aliphatic hydroxyl groups is 1. The molecule has 2 N–H and O–H groups in total. The number of rotatable bonds is 5. The molecule has 0 aromatic heterocycles. The number of halogens is 2. The summed E-state index contributed by atoms with van der Waals surface area (Å²) >= 11 is 0. The molecule has 0 bridgehead atoms. The van der Waals surface area contributed by atoms with Gasteiger partial charge in [0.2, 0.25) is 5.91 Å². The van der Waals surface area contributed by atoms with Gasteiger partial charge in [-0.25, -0.2) is 0 Å². The highest BCUT2D eigenvalue weighted by Gasteiger charge is 2.27. The lowest BCUT2D eigenvalue weighted by atomic mass is 9.95. The lowest BCUT2D eigenvalue weighted by Gasteiger charge is -2.34. The Kier molecular flexibility index (Phi) is 10.6. The molecule has 0 aromatic rings. The van der Waals surface area contributed by atoms with Crippen molar-refractivity contribution in [3.63, 3.8) is 0 Å². The van der Waals surface area contributed by atoms with Crippen molar-refractivity contribution >= 4 is 30.7 Å². The number of carbonyl (C=O) groups excluding carboxylic acids is 1. The first-order valence-electron chi connectivity index (χ1n) is 7.92. The normalized spacial score (nSPS) is 24.2. The van der Waals surface area contributed by atoms with Gasteiger partial charge in [-0.1, -0.05) is 0 Å². The lowest BCUT2D eigenvalue weighted by molar-refractivity contribution is -0.134. The predicted molar refractivity (Wildman–Crippen MR) is 94.0 cm³/mol. The minimum atomic E-state index is -0.245. The van der Waals surface area contributed by atoms with Crippen LogP contribution in [0.1, 0.15) is 26.2 Å². The van der Waals surface area contributed by atoms with Crippen molar-refractivity contribution in [3.8, 4) is 0 Å².